The Balaban J connectivity index is 1.54. The second-order valence-electron chi connectivity index (χ2n) is 6.38. The first-order valence-corrected chi connectivity index (χ1v) is 8.87. The third-order valence-electron chi connectivity index (χ3n) is 4.32. The SMILES string of the molecule is Cc1ccc(NC(=O)Cn2nc(-c3ccccc3)ccc2=O)cc1-n1cnnn1. The van der Waals surface area contributed by atoms with Gasteiger partial charge in [-0.2, -0.15) is 5.10 Å². The molecule has 1 N–H and O–H groups in total. The lowest BCUT2D eigenvalue weighted by Gasteiger charge is -2.10. The van der Waals surface area contributed by atoms with E-state index in [2.05, 4.69) is 25.9 Å². The van der Waals surface area contributed by atoms with Crippen molar-refractivity contribution in [2.75, 3.05) is 5.32 Å². The van der Waals surface area contributed by atoms with Crippen LogP contribution in [0.1, 0.15) is 5.56 Å². The molecule has 0 aliphatic carbocycles. The molecule has 2 aromatic carbocycles. The van der Waals surface area contributed by atoms with Gasteiger partial charge in [0, 0.05) is 17.3 Å². The number of carbonyl (C=O) groups is 1. The number of aromatic nitrogens is 6. The maximum Gasteiger partial charge on any atom is 0.267 e. The molecule has 0 aliphatic rings. The molecular weight excluding hydrogens is 370 g/mol. The summed E-state index contributed by atoms with van der Waals surface area (Å²) in [5, 5.41) is 18.2. The Hall–Kier alpha value is -4.14. The van der Waals surface area contributed by atoms with Crippen LogP contribution in [-0.2, 0) is 11.3 Å². The van der Waals surface area contributed by atoms with Crippen molar-refractivity contribution >= 4 is 11.6 Å². The number of anilines is 1. The van der Waals surface area contributed by atoms with Crippen LogP contribution in [0.5, 0.6) is 0 Å². The molecule has 0 saturated carbocycles. The molecule has 29 heavy (non-hydrogen) atoms. The van der Waals surface area contributed by atoms with E-state index in [1.807, 2.05) is 43.3 Å². The minimum Gasteiger partial charge on any atom is -0.324 e. The Morgan fingerprint density at radius 1 is 1.07 bits per heavy atom. The third kappa shape index (κ3) is 4.08. The van der Waals surface area contributed by atoms with Gasteiger partial charge in [-0.3, -0.25) is 9.59 Å². The van der Waals surface area contributed by atoms with E-state index in [0.29, 0.717) is 11.4 Å². The molecule has 2 heterocycles. The van der Waals surface area contributed by atoms with Gasteiger partial charge in [0.05, 0.1) is 11.4 Å². The number of aryl methyl sites for hydroxylation is 1. The van der Waals surface area contributed by atoms with Crippen molar-refractivity contribution in [3.8, 4) is 16.9 Å². The fourth-order valence-electron chi connectivity index (χ4n) is 2.87. The normalized spacial score (nSPS) is 10.7. The standard InChI is InChI=1S/C20H17N7O2/c1-14-7-8-16(11-18(14)27-13-21-24-25-27)22-19(28)12-26-20(29)10-9-17(23-26)15-5-3-2-4-6-15/h2-11,13H,12H2,1H3,(H,22,28). The lowest BCUT2D eigenvalue weighted by molar-refractivity contribution is -0.117. The fraction of sp³-hybridized carbons (Fsp3) is 0.100. The van der Waals surface area contributed by atoms with Crippen molar-refractivity contribution in [2.24, 2.45) is 0 Å². The number of nitrogens with one attached hydrogen (secondary N) is 1. The van der Waals surface area contributed by atoms with Gasteiger partial charge in [-0.05, 0) is 41.1 Å². The van der Waals surface area contributed by atoms with Crippen LogP contribution in [0.15, 0.2) is 71.8 Å². The zero-order chi connectivity index (χ0) is 20.2. The number of benzene rings is 2. The summed E-state index contributed by atoms with van der Waals surface area (Å²) in [7, 11) is 0. The van der Waals surface area contributed by atoms with Gasteiger partial charge in [-0.15, -0.1) is 5.10 Å². The second-order valence-corrected chi connectivity index (χ2v) is 6.38. The van der Waals surface area contributed by atoms with Crippen molar-refractivity contribution < 1.29 is 4.79 Å². The highest BCUT2D eigenvalue weighted by Crippen LogP contribution is 2.18. The number of carbonyl (C=O) groups excluding carboxylic acids is 1. The van der Waals surface area contributed by atoms with Crippen LogP contribution in [0.4, 0.5) is 5.69 Å². The van der Waals surface area contributed by atoms with Crippen LogP contribution in [0.3, 0.4) is 0 Å². The van der Waals surface area contributed by atoms with Gasteiger partial charge in [-0.25, -0.2) is 9.36 Å². The highest BCUT2D eigenvalue weighted by Gasteiger charge is 2.10. The lowest BCUT2D eigenvalue weighted by atomic mass is 10.1. The van der Waals surface area contributed by atoms with Crippen LogP contribution >= 0.6 is 0 Å². The summed E-state index contributed by atoms with van der Waals surface area (Å²) in [4.78, 5) is 24.6. The third-order valence-corrected chi connectivity index (χ3v) is 4.32. The number of hydrogen-bond donors (Lipinski definition) is 1. The summed E-state index contributed by atoms with van der Waals surface area (Å²) >= 11 is 0. The van der Waals surface area contributed by atoms with Crippen molar-refractivity contribution in [2.45, 2.75) is 13.5 Å². The zero-order valence-corrected chi connectivity index (χ0v) is 15.6. The Bertz CT molecular complexity index is 1200. The molecule has 0 saturated heterocycles. The summed E-state index contributed by atoms with van der Waals surface area (Å²) in [5.41, 5.74) is 3.40. The first-order valence-electron chi connectivity index (χ1n) is 8.87. The van der Waals surface area contributed by atoms with Gasteiger partial charge < -0.3 is 5.32 Å². The molecule has 0 bridgehead atoms. The molecule has 9 heteroatoms. The topological polar surface area (TPSA) is 108 Å². The first kappa shape index (κ1) is 18.2. The molecule has 0 radical (unpaired) electrons. The summed E-state index contributed by atoms with van der Waals surface area (Å²) in [5.74, 6) is -0.365. The first-order chi connectivity index (χ1) is 14.1. The molecule has 4 rings (SSSR count). The largest absolute Gasteiger partial charge is 0.324 e. The smallest absolute Gasteiger partial charge is 0.267 e. The monoisotopic (exact) mass is 387 g/mol. The quantitative estimate of drug-likeness (QED) is 0.560. The van der Waals surface area contributed by atoms with Crippen LogP contribution in [0, 0.1) is 6.92 Å². The maximum absolute atomic E-state index is 12.5. The summed E-state index contributed by atoms with van der Waals surface area (Å²) in [6.45, 7) is 1.72. The Morgan fingerprint density at radius 3 is 2.66 bits per heavy atom. The van der Waals surface area contributed by atoms with Crippen LogP contribution in [0.25, 0.3) is 16.9 Å². The number of tetrazole rings is 1. The Labute approximate surface area is 165 Å². The van der Waals surface area contributed by atoms with E-state index in [-0.39, 0.29) is 18.0 Å². The van der Waals surface area contributed by atoms with Gasteiger partial charge in [0.2, 0.25) is 5.91 Å². The summed E-state index contributed by atoms with van der Waals surface area (Å²) in [6.07, 6.45) is 1.48. The summed E-state index contributed by atoms with van der Waals surface area (Å²) in [6, 6.07) is 17.9. The van der Waals surface area contributed by atoms with E-state index in [9.17, 15) is 9.59 Å². The Morgan fingerprint density at radius 2 is 1.90 bits per heavy atom. The molecule has 144 valence electrons. The molecule has 0 fully saturated rings. The maximum atomic E-state index is 12.5. The molecule has 1 amide bonds. The molecule has 2 aromatic heterocycles. The highest BCUT2D eigenvalue weighted by molar-refractivity contribution is 5.90. The molecule has 9 nitrogen and oxygen atoms in total. The average Bonchev–Trinajstić information content (AvgIpc) is 3.26. The zero-order valence-electron chi connectivity index (χ0n) is 15.6. The number of rotatable bonds is 5. The van der Waals surface area contributed by atoms with E-state index < -0.39 is 0 Å². The van der Waals surface area contributed by atoms with E-state index in [1.165, 1.54) is 17.1 Å². The van der Waals surface area contributed by atoms with Crippen molar-refractivity contribution in [3.63, 3.8) is 0 Å². The van der Waals surface area contributed by atoms with Crippen molar-refractivity contribution in [3.05, 3.63) is 82.9 Å². The second kappa shape index (κ2) is 7.85. The van der Waals surface area contributed by atoms with Gasteiger partial charge >= 0.3 is 0 Å². The van der Waals surface area contributed by atoms with Gasteiger partial charge in [0.1, 0.15) is 12.9 Å². The van der Waals surface area contributed by atoms with Crippen molar-refractivity contribution in [1.82, 2.24) is 30.0 Å². The van der Waals surface area contributed by atoms with Crippen LogP contribution in [0.2, 0.25) is 0 Å². The summed E-state index contributed by atoms with van der Waals surface area (Å²) < 4.78 is 2.66. The van der Waals surface area contributed by atoms with E-state index >= 15 is 0 Å². The van der Waals surface area contributed by atoms with Gasteiger partial charge in [0.15, 0.2) is 0 Å². The number of nitrogens with zero attached hydrogens (tertiary/aromatic N) is 6. The van der Waals surface area contributed by atoms with Crippen LogP contribution < -0.4 is 10.9 Å². The molecule has 4 aromatic rings. The van der Waals surface area contributed by atoms with Gasteiger partial charge in [0.25, 0.3) is 5.56 Å². The van der Waals surface area contributed by atoms with Gasteiger partial charge in [-0.1, -0.05) is 36.4 Å². The fourth-order valence-corrected chi connectivity index (χ4v) is 2.87. The van der Waals surface area contributed by atoms with E-state index in [4.69, 9.17) is 0 Å². The predicted molar refractivity (Wildman–Crippen MR) is 106 cm³/mol. The molecular formula is C20H17N7O2. The Kier molecular flexibility index (Phi) is 4.93. The molecule has 0 aliphatic heterocycles. The van der Waals surface area contributed by atoms with E-state index in [1.54, 1.807) is 18.2 Å². The highest BCUT2D eigenvalue weighted by atomic mass is 16.2. The van der Waals surface area contributed by atoms with E-state index in [0.717, 1.165) is 21.5 Å². The number of hydrogen-bond acceptors (Lipinski definition) is 6. The van der Waals surface area contributed by atoms with Crippen LogP contribution in [-0.4, -0.2) is 35.9 Å². The predicted octanol–water partition coefficient (Wildman–Crippen LogP) is 1.83. The average molecular weight is 387 g/mol. The lowest BCUT2D eigenvalue weighted by Crippen LogP contribution is -2.29. The molecule has 0 atom stereocenters. The molecule has 0 spiro atoms. The van der Waals surface area contributed by atoms with Crippen molar-refractivity contribution in [1.29, 1.82) is 0 Å². The number of amides is 1. The minimum atomic E-state index is -0.365. The molecule has 0 unspecified atom stereocenters. The minimum absolute atomic E-state index is 0.201.